The summed E-state index contributed by atoms with van der Waals surface area (Å²) >= 11 is 0. The number of carbonyl (C=O) groups excluding carboxylic acids is 4. The van der Waals surface area contributed by atoms with Crippen LogP contribution in [0.5, 0.6) is 17.2 Å². The summed E-state index contributed by atoms with van der Waals surface area (Å²) in [4.78, 5) is 67.8. The van der Waals surface area contributed by atoms with Gasteiger partial charge in [-0.1, -0.05) is 121 Å². The van der Waals surface area contributed by atoms with Crippen LogP contribution >= 0.6 is 0 Å². The number of phenols is 1. The minimum absolute atomic E-state index is 0.00195. The quantitative estimate of drug-likeness (QED) is 0.145. The highest BCUT2D eigenvalue weighted by Crippen LogP contribution is 2.66. The lowest BCUT2D eigenvalue weighted by Crippen LogP contribution is -2.57. The number of morpholine rings is 1. The fraction of sp³-hybridized carbons (Fsp3) is 0.245. The van der Waals surface area contributed by atoms with Crippen molar-refractivity contribution in [2.75, 3.05) is 25.7 Å². The first kappa shape index (κ1) is 41.6. The van der Waals surface area contributed by atoms with E-state index in [1.54, 1.807) is 67.7 Å². The number of nitrogens with zero attached hydrogens (tertiary/aromatic N) is 3. The van der Waals surface area contributed by atoms with Crippen molar-refractivity contribution in [3.63, 3.8) is 0 Å². The fourth-order valence-electron chi connectivity index (χ4n) is 10.8. The predicted molar refractivity (Wildman–Crippen MR) is 242 cm³/mol. The van der Waals surface area contributed by atoms with Crippen molar-refractivity contribution in [3.05, 3.63) is 191 Å². The van der Waals surface area contributed by atoms with Crippen LogP contribution in [0.4, 0.5) is 10.5 Å². The van der Waals surface area contributed by atoms with Gasteiger partial charge in [0.05, 0.1) is 44.0 Å². The molecule has 0 aromatic heterocycles. The number of urea groups is 1. The van der Waals surface area contributed by atoms with Crippen LogP contribution < -0.4 is 19.7 Å². The zero-order valence-electron chi connectivity index (χ0n) is 36.2. The molecule has 0 radical (unpaired) electrons. The fourth-order valence-corrected chi connectivity index (χ4v) is 10.8. The van der Waals surface area contributed by atoms with Crippen molar-refractivity contribution in [3.8, 4) is 17.2 Å². The van der Waals surface area contributed by atoms with E-state index in [9.17, 15) is 9.90 Å². The first-order valence-corrected chi connectivity index (χ1v) is 21.8. The number of nitrogens with one attached hydrogen (secondary N) is 1. The topological polar surface area (TPSA) is 138 Å². The molecule has 65 heavy (non-hydrogen) atoms. The number of fused-ring (bicyclic) bond motifs is 4. The number of cyclic esters (lactones) is 1. The molecule has 1 spiro atoms. The van der Waals surface area contributed by atoms with Crippen molar-refractivity contribution < 1.29 is 38.5 Å². The van der Waals surface area contributed by atoms with Gasteiger partial charge in [0.2, 0.25) is 11.8 Å². The van der Waals surface area contributed by atoms with Crippen molar-refractivity contribution in [1.29, 1.82) is 0 Å². The summed E-state index contributed by atoms with van der Waals surface area (Å²) in [5, 5.41) is 13.8. The van der Waals surface area contributed by atoms with Gasteiger partial charge in [-0.25, -0.2) is 9.69 Å². The van der Waals surface area contributed by atoms with E-state index in [1.807, 2.05) is 115 Å². The number of para-hydroxylation sites is 1. The molecule has 4 heterocycles. The summed E-state index contributed by atoms with van der Waals surface area (Å²) < 4.78 is 17.9. The third-order valence-electron chi connectivity index (χ3n) is 13.7. The van der Waals surface area contributed by atoms with Crippen molar-refractivity contribution in [1.82, 2.24) is 15.1 Å². The molecule has 7 atom stereocenters. The van der Waals surface area contributed by atoms with Crippen LogP contribution in [0.2, 0.25) is 0 Å². The van der Waals surface area contributed by atoms with Gasteiger partial charge in [-0.3, -0.25) is 19.3 Å². The molecule has 6 aromatic rings. The normalized spacial score (nSPS) is 23.8. The van der Waals surface area contributed by atoms with Gasteiger partial charge in [-0.2, -0.15) is 0 Å². The maximum atomic E-state index is 16.4. The molecule has 10 rings (SSSR count). The van der Waals surface area contributed by atoms with E-state index in [4.69, 9.17) is 14.2 Å². The lowest BCUT2D eigenvalue weighted by Gasteiger charge is -2.46. The van der Waals surface area contributed by atoms with Crippen LogP contribution in [0, 0.1) is 5.92 Å². The maximum Gasteiger partial charge on any atom is 0.329 e. The van der Waals surface area contributed by atoms with Crippen LogP contribution in [0.25, 0.3) is 0 Å². The van der Waals surface area contributed by atoms with E-state index in [0.717, 1.165) is 32.7 Å². The Balaban J connectivity index is 1.21. The Morgan fingerprint density at radius 2 is 1.34 bits per heavy atom. The number of carbonyl (C=O) groups is 4. The summed E-state index contributed by atoms with van der Waals surface area (Å²) in [6, 6.07) is 41.7. The number of hydrogen-bond donors (Lipinski definition) is 2. The zero-order chi connectivity index (χ0) is 45.0. The number of aromatic hydroxyl groups is 1. The number of esters is 1. The Hall–Kier alpha value is -7.44. The van der Waals surface area contributed by atoms with Crippen molar-refractivity contribution in [2.24, 2.45) is 5.92 Å². The molecule has 4 aliphatic rings. The van der Waals surface area contributed by atoms with Crippen LogP contribution in [0.15, 0.2) is 152 Å². The Morgan fingerprint density at radius 1 is 0.738 bits per heavy atom. The molecular weight excluding hydrogens is 821 g/mol. The van der Waals surface area contributed by atoms with Crippen LogP contribution in [-0.4, -0.2) is 65.5 Å². The number of benzene rings is 6. The number of anilines is 1. The van der Waals surface area contributed by atoms with Gasteiger partial charge in [0.1, 0.15) is 23.3 Å². The summed E-state index contributed by atoms with van der Waals surface area (Å²) in [7, 11) is 3.14. The second-order valence-electron chi connectivity index (χ2n) is 17.1. The molecule has 0 bridgehead atoms. The molecule has 328 valence electrons. The number of hydrogen-bond acceptors (Lipinski definition) is 9. The SMILES string of the molecule is COc1cc2c(cc1OC)CN(C(=O)C1C3C(=O)OC(c4ccccc4)C(c4ccccc4)N3C(c3ccc(O)cc3)C13C(=O)N(C(=O)NC(C)c1ccccc1)c1ccccc13)CC2. The first-order valence-electron chi connectivity index (χ1n) is 21.8. The third kappa shape index (κ3) is 6.70. The summed E-state index contributed by atoms with van der Waals surface area (Å²) in [6.07, 6.45) is -0.393. The van der Waals surface area contributed by atoms with Crippen LogP contribution in [-0.2, 0) is 37.5 Å². The summed E-state index contributed by atoms with van der Waals surface area (Å²) in [5.41, 5.74) is 3.60. The molecule has 2 N–H and O–H groups in total. The van der Waals surface area contributed by atoms with E-state index in [-0.39, 0.29) is 18.8 Å². The zero-order valence-corrected chi connectivity index (χ0v) is 36.2. The Morgan fingerprint density at radius 3 is 2.00 bits per heavy atom. The number of amides is 4. The van der Waals surface area contributed by atoms with E-state index in [1.165, 1.54) is 0 Å². The van der Waals surface area contributed by atoms with E-state index in [0.29, 0.717) is 34.7 Å². The molecule has 0 saturated carbocycles. The number of methoxy groups -OCH3 is 2. The molecule has 12 heteroatoms. The minimum atomic E-state index is -1.89. The van der Waals surface area contributed by atoms with Crippen molar-refractivity contribution in [2.45, 2.75) is 55.6 Å². The number of phenolic OH excluding ortho intramolecular Hbond substituents is 1. The highest BCUT2D eigenvalue weighted by molar-refractivity contribution is 6.24. The third-order valence-corrected chi connectivity index (χ3v) is 13.7. The number of imide groups is 1. The molecule has 6 aromatic carbocycles. The van der Waals surface area contributed by atoms with Gasteiger partial charge in [-0.05, 0) is 82.6 Å². The number of rotatable bonds is 8. The minimum Gasteiger partial charge on any atom is -0.508 e. The van der Waals surface area contributed by atoms with Gasteiger partial charge >= 0.3 is 12.0 Å². The molecular formula is C53H48N4O8. The highest BCUT2D eigenvalue weighted by Gasteiger charge is 2.76. The van der Waals surface area contributed by atoms with E-state index < -0.39 is 65.4 Å². The standard InChI is InChI=1S/C53H48N4O8/c1-32(33-15-7-4-8-16-33)54-52(62)56-41-22-14-13-21-40(41)53(51(56)61)44(49(59)55-28-27-37-29-42(63-2)43(64-3)30-38(37)31-55)46-50(60)65-47(35-19-11-6-12-20-35)45(34-17-9-5-10-18-34)57(46)48(53)36-23-25-39(58)26-24-36/h4-26,29-30,32,44-48,58H,27-28,31H2,1-3H3,(H,54,62). The summed E-state index contributed by atoms with van der Waals surface area (Å²) in [5.74, 6) is -2.08. The Bertz CT molecular complexity index is 2790. The average molecular weight is 869 g/mol. The molecule has 7 unspecified atom stereocenters. The van der Waals surface area contributed by atoms with Gasteiger partial charge in [0, 0.05) is 13.1 Å². The first-order chi connectivity index (χ1) is 31.6. The van der Waals surface area contributed by atoms with Crippen molar-refractivity contribution >= 4 is 29.5 Å². The summed E-state index contributed by atoms with van der Waals surface area (Å²) in [6.45, 7) is 2.29. The molecule has 0 aliphatic carbocycles. The average Bonchev–Trinajstić information content (AvgIpc) is 3.80. The Kier molecular flexibility index (Phi) is 10.6. The van der Waals surface area contributed by atoms with Gasteiger partial charge in [0.15, 0.2) is 11.5 Å². The molecule has 4 aliphatic heterocycles. The van der Waals surface area contributed by atoms with Crippen LogP contribution in [0.3, 0.4) is 0 Å². The predicted octanol–water partition coefficient (Wildman–Crippen LogP) is 8.13. The van der Waals surface area contributed by atoms with Gasteiger partial charge in [-0.15, -0.1) is 0 Å². The highest BCUT2D eigenvalue weighted by atomic mass is 16.6. The molecule has 2 fully saturated rings. The van der Waals surface area contributed by atoms with Gasteiger partial charge in [0.25, 0.3) is 0 Å². The van der Waals surface area contributed by atoms with E-state index >= 15 is 14.4 Å². The molecule has 2 saturated heterocycles. The number of ether oxygens (including phenoxy) is 3. The maximum absolute atomic E-state index is 16.4. The second kappa shape index (κ2) is 16.6. The lowest BCUT2D eigenvalue weighted by atomic mass is 9.65. The lowest BCUT2D eigenvalue weighted by molar-refractivity contribution is -0.179. The monoisotopic (exact) mass is 868 g/mol. The Labute approximate surface area is 377 Å². The molecule has 12 nitrogen and oxygen atoms in total. The largest absolute Gasteiger partial charge is 0.508 e. The smallest absolute Gasteiger partial charge is 0.329 e. The van der Waals surface area contributed by atoms with Crippen LogP contribution in [0.1, 0.15) is 70.1 Å². The van der Waals surface area contributed by atoms with Gasteiger partial charge < -0.3 is 29.5 Å². The molecule has 4 amide bonds. The second-order valence-corrected chi connectivity index (χ2v) is 17.1. The van der Waals surface area contributed by atoms with E-state index in [2.05, 4.69) is 5.32 Å².